The maximum atomic E-state index is 13.0. The van der Waals surface area contributed by atoms with E-state index in [4.69, 9.17) is 30.8 Å². The van der Waals surface area contributed by atoms with E-state index in [-0.39, 0.29) is 6.03 Å². The fraction of sp³-hybridized carbons (Fsp3) is 0.320. The van der Waals surface area contributed by atoms with Crippen LogP contribution >= 0.6 is 11.6 Å². The van der Waals surface area contributed by atoms with Crippen LogP contribution in [0.5, 0.6) is 17.2 Å². The number of rotatable bonds is 10. The number of benzene rings is 2. The number of methoxy groups -OCH3 is 3. The molecule has 1 atom stereocenters. The van der Waals surface area contributed by atoms with Gasteiger partial charge in [-0.25, -0.2) is 9.78 Å². The Labute approximate surface area is 209 Å². The predicted octanol–water partition coefficient (Wildman–Crippen LogP) is 4.32. The molecule has 2 aromatic carbocycles. The van der Waals surface area contributed by atoms with Crippen LogP contribution in [0, 0.1) is 0 Å². The number of hydrogen-bond acceptors (Lipinski definition) is 6. The molecule has 184 valence electrons. The van der Waals surface area contributed by atoms with Gasteiger partial charge in [-0.05, 0) is 30.2 Å². The normalized spacial score (nSPS) is 16.5. The van der Waals surface area contributed by atoms with E-state index in [1.165, 1.54) is 0 Å². The van der Waals surface area contributed by atoms with E-state index in [9.17, 15) is 4.79 Å². The second kappa shape index (κ2) is 11.1. The van der Waals surface area contributed by atoms with Crippen molar-refractivity contribution in [2.75, 3.05) is 27.9 Å². The van der Waals surface area contributed by atoms with Crippen molar-refractivity contribution in [1.29, 1.82) is 0 Å². The monoisotopic (exact) mass is 497 g/mol. The van der Waals surface area contributed by atoms with Gasteiger partial charge in [0.15, 0.2) is 11.5 Å². The third-order valence-corrected chi connectivity index (χ3v) is 6.14. The second-order valence-corrected chi connectivity index (χ2v) is 8.34. The van der Waals surface area contributed by atoms with E-state index >= 15 is 0 Å². The van der Waals surface area contributed by atoms with Crippen LogP contribution in [0.1, 0.15) is 23.6 Å². The molecule has 0 aliphatic carbocycles. The summed E-state index contributed by atoms with van der Waals surface area (Å²) in [5.41, 5.74) is 1.66. The highest BCUT2D eigenvalue weighted by Gasteiger charge is 2.38. The van der Waals surface area contributed by atoms with Crippen LogP contribution in [-0.4, -0.2) is 54.2 Å². The van der Waals surface area contributed by atoms with E-state index in [1.807, 2.05) is 47.2 Å². The van der Waals surface area contributed by atoms with Gasteiger partial charge in [0.25, 0.3) is 0 Å². The van der Waals surface area contributed by atoms with Gasteiger partial charge in [-0.1, -0.05) is 29.8 Å². The molecule has 10 heteroatoms. The first kappa shape index (κ1) is 24.4. The molecule has 9 nitrogen and oxygen atoms in total. The zero-order chi connectivity index (χ0) is 24.8. The van der Waals surface area contributed by atoms with Gasteiger partial charge in [-0.15, -0.1) is 0 Å². The molecule has 4 rings (SSSR count). The molecule has 1 unspecified atom stereocenters. The summed E-state index contributed by atoms with van der Waals surface area (Å²) in [5, 5.41) is 3.52. The van der Waals surface area contributed by atoms with Gasteiger partial charge >= 0.3 is 6.03 Å². The van der Waals surface area contributed by atoms with Crippen molar-refractivity contribution in [1.82, 2.24) is 19.8 Å². The molecule has 2 heterocycles. The highest BCUT2D eigenvalue weighted by molar-refractivity contribution is 6.31. The lowest BCUT2D eigenvalue weighted by Gasteiger charge is -2.24. The van der Waals surface area contributed by atoms with E-state index < -0.39 is 6.04 Å². The summed E-state index contributed by atoms with van der Waals surface area (Å²) in [5.74, 6) is 2.14. The molecule has 1 saturated heterocycles. The Hall–Kier alpha value is -3.72. The number of aliphatic imine (C=N–C) groups is 1. The first-order chi connectivity index (χ1) is 17.0. The third-order valence-electron chi connectivity index (χ3n) is 5.80. The van der Waals surface area contributed by atoms with Gasteiger partial charge in [-0.2, -0.15) is 0 Å². The molecule has 1 fully saturated rings. The minimum absolute atomic E-state index is 0.204. The number of aromatic nitrogens is 2. The van der Waals surface area contributed by atoms with Crippen molar-refractivity contribution in [2.45, 2.75) is 25.6 Å². The molecule has 35 heavy (non-hydrogen) atoms. The third kappa shape index (κ3) is 5.35. The molecular weight excluding hydrogens is 470 g/mol. The lowest BCUT2D eigenvalue weighted by atomic mass is 10.0. The SMILES string of the molecule is COc1cc(CN=C2NC(=O)N(CCCn3ccnc3)C2c2ccccc2Cl)cc(OC)c1OC. The standard InChI is InChI=1S/C25H28ClN5O4/c1-33-20-13-17(14-21(34-2)23(20)35-3)15-28-24-22(18-7-4-5-8-19(18)26)31(25(32)29-24)11-6-10-30-12-9-27-16-30/h4-5,7-9,12-14,16,22H,6,10-11,15H2,1-3H3,(H,28,29,32). The zero-order valence-corrected chi connectivity index (χ0v) is 20.7. The highest BCUT2D eigenvalue weighted by Crippen LogP contribution is 2.38. The number of amides is 2. The molecule has 3 aromatic rings. The minimum Gasteiger partial charge on any atom is -0.493 e. The van der Waals surface area contributed by atoms with Crippen LogP contribution in [0.15, 0.2) is 60.1 Å². The van der Waals surface area contributed by atoms with Crippen molar-refractivity contribution in [3.05, 3.63) is 71.3 Å². The molecule has 0 spiro atoms. The first-order valence-corrected chi connectivity index (χ1v) is 11.5. The summed E-state index contributed by atoms with van der Waals surface area (Å²) >= 11 is 6.55. The van der Waals surface area contributed by atoms with Crippen molar-refractivity contribution in [2.24, 2.45) is 4.99 Å². The van der Waals surface area contributed by atoms with Crippen LogP contribution in [0.3, 0.4) is 0 Å². The Morgan fingerprint density at radius 2 is 1.83 bits per heavy atom. The molecule has 1 aliphatic rings. The Morgan fingerprint density at radius 3 is 2.46 bits per heavy atom. The maximum absolute atomic E-state index is 13.0. The lowest BCUT2D eigenvalue weighted by molar-refractivity contribution is 0.204. The summed E-state index contributed by atoms with van der Waals surface area (Å²) in [6.45, 7) is 1.58. The van der Waals surface area contributed by atoms with Crippen molar-refractivity contribution in [3.8, 4) is 17.2 Å². The molecular formula is C25H28ClN5O4. The molecule has 1 aromatic heterocycles. The number of halogens is 1. The number of imidazole rings is 1. The predicted molar refractivity (Wildman–Crippen MR) is 134 cm³/mol. The van der Waals surface area contributed by atoms with Crippen LogP contribution < -0.4 is 19.5 Å². The van der Waals surface area contributed by atoms with E-state index in [2.05, 4.69) is 10.3 Å². The molecule has 0 radical (unpaired) electrons. The maximum Gasteiger partial charge on any atom is 0.323 e. The fourth-order valence-corrected chi connectivity index (χ4v) is 4.37. The summed E-state index contributed by atoms with van der Waals surface area (Å²) < 4.78 is 18.3. The van der Waals surface area contributed by atoms with Crippen LogP contribution in [0.4, 0.5) is 4.79 Å². The van der Waals surface area contributed by atoms with E-state index in [0.717, 1.165) is 24.1 Å². The topological polar surface area (TPSA) is 90.2 Å². The van der Waals surface area contributed by atoms with Gasteiger partial charge in [0.1, 0.15) is 11.9 Å². The Balaban J connectivity index is 1.61. The van der Waals surface area contributed by atoms with Crippen molar-refractivity contribution in [3.63, 3.8) is 0 Å². The van der Waals surface area contributed by atoms with Crippen molar-refractivity contribution < 1.29 is 19.0 Å². The van der Waals surface area contributed by atoms with Gasteiger partial charge < -0.3 is 23.7 Å². The lowest BCUT2D eigenvalue weighted by Crippen LogP contribution is -2.31. The Morgan fingerprint density at radius 1 is 1.09 bits per heavy atom. The fourth-order valence-electron chi connectivity index (χ4n) is 4.13. The molecule has 0 saturated carbocycles. The summed E-state index contributed by atoms with van der Waals surface area (Å²) in [6.07, 6.45) is 6.16. The number of ether oxygens (including phenoxy) is 3. The molecule has 1 N–H and O–H groups in total. The highest BCUT2D eigenvalue weighted by atomic mass is 35.5. The van der Waals surface area contributed by atoms with Crippen LogP contribution in [0.2, 0.25) is 5.02 Å². The largest absolute Gasteiger partial charge is 0.493 e. The van der Waals surface area contributed by atoms with E-state index in [0.29, 0.717) is 41.2 Å². The number of urea groups is 1. The minimum atomic E-state index is -0.416. The average molecular weight is 498 g/mol. The number of nitrogens with one attached hydrogen (secondary N) is 1. The molecule has 1 aliphatic heterocycles. The van der Waals surface area contributed by atoms with Crippen LogP contribution in [0.25, 0.3) is 0 Å². The summed E-state index contributed by atoms with van der Waals surface area (Å²) in [7, 11) is 4.70. The van der Waals surface area contributed by atoms with Crippen molar-refractivity contribution >= 4 is 23.5 Å². The Kier molecular flexibility index (Phi) is 7.77. The summed E-state index contributed by atoms with van der Waals surface area (Å²) in [6, 6.07) is 10.6. The second-order valence-electron chi connectivity index (χ2n) is 7.94. The van der Waals surface area contributed by atoms with E-state index in [1.54, 1.807) is 38.8 Å². The zero-order valence-electron chi connectivity index (χ0n) is 19.9. The molecule has 2 amide bonds. The molecule has 0 bridgehead atoms. The average Bonchev–Trinajstić information content (AvgIpc) is 3.50. The van der Waals surface area contributed by atoms with Crippen LogP contribution in [-0.2, 0) is 13.1 Å². The van der Waals surface area contributed by atoms with Gasteiger partial charge in [0, 0.05) is 36.1 Å². The first-order valence-electron chi connectivity index (χ1n) is 11.2. The number of hydrogen-bond donors (Lipinski definition) is 1. The summed E-state index contributed by atoms with van der Waals surface area (Å²) in [4.78, 5) is 23.6. The number of amidine groups is 1. The number of carbonyl (C=O) groups excluding carboxylic acids is 1. The van der Waals surface area contributed by atoms with Gasteiger partial charge in [0.05, 0.1) is 34.2 Å². The Bertz CT molecular complexity index is 1170. The number of nitrogens with zero attached hydrogens (tertiary/aromatic N) is 4. The van der Waals surface area contributed by atoms with Gasteiger partial charge in [-0.3, -0.25) is 10.3 Å². The number of aryl methyl sites for hydroxylation is 1. The smallest absolute Gasteiger partial charge is 0.323 e. The van der Waals surface area contributed by atoms with Gasteiger partial charge in [0.2, 0.25) is 5.75 Å². The quantitative estimate of drug-likeness (QED) is 0.450. The number of carbonyl (C=O) groups is 1.